The number of hydrogen-bond acceptors (Lipinski definition) is 2. The van der Waals surface area contributed by atoms with Crippen molar-refractivity contribution in [2.75, 3.05) is 5.75 Å². The Kier molecular flexibility index (Phi) is 32.9. The van der Waals surface area contributed by atoms with Crippen LogP contribution < -0.4 is 51.4 Å². The molecule has 0 bridgehead atoms. The van der Waals surface area contributed by atoms with Crippen molar-refractivity contribution >= 4 is 12.6 Å². The average Bonchev–Trinajstić information content (AvgIpc) is 1.73. The van der Waals surface area contributed by atoms with Crippen LogP contribution in [0.4, 0.5) is 0 Å². The van der Waals surface area contributed by atoms with Gasteiger partial charge in [-0.3, -0.25) is 0 Å². The minimum absolute atomic E-state index is 0. The molecular weight excluding hydrogens is 147 g/mol. The third-order valence-corrected chi connectivity index (χ3v) is 0.724. The zero-order valence-electron chi connectivity index (χ0n) is 5.85. The van der Waals surface area contributed by atoms with Crippen LogP contribution in [0.3, 0.4) is 0 Å². The Morgan fingerprint density at radius 1 is 1.62 bits per heavy atom. The minimum atomic E-state index is -0.301. The van der Waals surface area contributed by atoms with Crippen LogP contribution in [0.25, 0.3) is 0 Å². The predicted octanol–water partition coefficient (Wildman–Crippen LogP) is -2.24. The van der Waals surface area contributed by atoms with Gasteiger partial charge in [0.1, 0.15) is 0 Å². The van der Waals surface area contributed by atoms with E-state index in [1.54, 1.807) is 13.8 Å². The van der Waals surface area contributed by atoms with E-state index in [1.807, 2.05) is 0 Å². The predicted molar refractivity (Wildman–Crippen MR) is 34.9 cm³/mol. The first-order valence-corrected chi connectivity index (χ1v) is 2.82. The zero-order valence-corrected chi connectivity index (χ0v) is 9.79. The quantitative estimate of drug-likeness (QED) is 0.265. The van der Waals surface area contributed by atoms with Gasteiger partial charge in [-0.2, -0.15) is 12.7 Å². The average molecular weight is 159 g/mol. The summed E-state index contributed by atoms with van der Waals surface area (Å²) in [6.45, 7) is 6.67. The maximum absolute atomic E-state index is 8.26. The van der Waals surface area contributed by atoms with Gasteiger partial charge in [-0.25, -0.2) is 0 Å². The largest absolute Gasteiger partial charge is 1.00 e. The number of hydrogen-bond donors (Lipinski definition) is 1. The molecule has 0 heterocycles. The van der Waals surface area contributed by atoms with E-state index in [0.29, 0.717) is 5.75 Å². The first kappa shape index (κ1) is 16.5. The van der Waals surface area contributed by atoms with Crippen molar-refractivity contribution in [3.05, 3.63) is 6.92 Å². The van der Waals surface area contributed by atoms with E-state index >= 15 is 0 Å². The Labute approximate surface area is 100 Å². The van der Waals surface area contributed by atoms with Gasteiger partial charge in [0.2, 0.25) is 0 Å². The molecule has 1 atom stereocenters. The molecule has 0 fully saturated rings. The van der Waals surface area contributed by atoms with Gasteiger partial charge in [-0.15, -0.1) is 0 Å². The molecule has 0 amide bonds. The van der Waals surface area contributed by atoms with Gasteiger partial charge in [-0.05, 0) is 6.92 Å². The van der Waals surface area contributed by atoms with Crippen LogP contribution in [-0.4, -0.2) is 17.0 Å². The Morgan fingerprint density at radius 3 is 1.75 bits per heavy atom. The Morgan fingerprint density at radius 2 is 1.75 bits per heavy atom. The van der Waals surface area contributed by atoms with Gasteiger partial charge in [0.25, 0.3) is 0 Å². The van der Waals surface area contributed by atoms with E-state index < -0.39 is 0 Å². The second kappa shape index (κ2) is 16.0. The van der Waals surface area contributed by atoms with Gasteiger partial charge in [-0.1, -0.05) is 0 Å². The molecule has 0 aromatic heterocycles. The fourth-order valence-corrected chi connectivity index (χ4v) is 0. The molecule has 46 valence electrons. The van der Waals surface area contributed by atoms with Crippen LogP contribution >= 0.6 is 0 Å². The Bertz CT molecular complexity index is 26.4. The van der Waals surface area contributed by atoms with Crippen LogP contribution in [0.5, 0.6) is 0 Å². The monoisotopic (exact) mass is 159 g/mol. The minimum Gasteiger partial charge on any atom is -0.790 e. The molecule has 1 nitrogen and oxygen atoms in total. The summed E-state index contributed by atoms with van der Waals surface area (Å²) in [5.74, 6) is 0.444. The SMILES string of the molecule is CC(O)C[S-].[CH2-]C.[K+]. The van der Waals surface area contributed by atoms with Crippen molar-refractivity contribution in [2.45, 2.75) is 20.0 Å². The normalized spacial score (nSPS) is 10.1. The van der Waals surface area contributed by atoms with E-state index in [1.165, 1.54) is 0 Å². The van der Waals surface area contributed by atoms with E-state index in [4.69, 9.17) is 5.11 Å². The molecule has 0 aliphatic heterocycles. The summed E-state index contributed by atoms with van der Waals surface area (Å²) in [6.07, 6.45) is -0.301. The van der Waals surface area contributed by atoms with Crippen LogP contribution in [0.15, 0.2) is 0 Å². The second-order valence-corrected chi connectivity index (χ2v) is 1.35. The molecule has 0 aliphatic carbocycles. The molecule has 0 aromatic rings. The molecule has 1 N–H and O–H groups in total. The second-order valence-electron chi connectivity index (χ2n) is 1.02. The van der Waals surface area contributed by atoms with Crippen molar-refractivity contribution < 1.29 is 56.5 Å². The molecule has 0 saturated heterocycles. The summed E-state index contributed by atoms with van der Waals surface area (Å²) < 4.78 is 0. The third-order valence-electron chi connectivity index (χ3n) is 0.241. The zero-order chi connectivity index (χ0) is 6.28. The first-order chi connectivity index (χ1) is 3.27. The van der Waals surface area contributed by atoms with Crippen LogP contribution in [0.1, 0.15) is 13.8 Å². The van der Waals surface area contributed by atoms with Gasteiger partial charge in [0, 0.05) is 6.10 Å². The summed E-state index contributed by atoms with van der Waals surface area (Å²) in [7, 11) is 0. The van der Waals surface area contributed by atoms with Crippen molar-refractivity contribution in [1.29, 1.82) is 0 Å². The molecule has 0 radical (unpaired) electrons. The van der Waals surface area contributed by atoms with E-state index in [9.17, 15) is 0 Å². The molecule has 0 spiro atoms. The standard InChI is InChI=1S/C3H8OS.C2H5.K/c1-3(4)2-5;1-2;/h3-5H,2H2,1H3;1H2,2H3;/q;-1;+1/p-1. The molecular formula is C5H12KOS-. The van der Waals surface area contributed by atoms with Crippen molar-refractivity contribution in [2.24, 2.45) is 0 Å². The van der Waals surface area contributed by atoms with Crippen LogP contribution in [0, 0.1) is 6.92 Å². The number of aliphatic hydroxyl groups excluding tert-OH is 1. The Hall–Kier alpha value is 1.95. The third kappa shape index (κ3) is 24.6. The van der Waals surface area contributed by atoms with E-state index in [0.717, 1.165) is 0 Å². The van der Waals surface area contributed by atoms with Gasteiger partial charge in [0.15, 0.2) is 0 Å². The first-order valence-electron chi connectivity index (χ1n) is 2.24. The summed E-state index contributed by atoms with van der Waals surface area (Å²) in [6, 6.07) is 0. The van der Waals surface area contributed by atoms with Crippen molar-refractivity contribution in [3.63, 3.8) is 0 Å². The fourth-order valence-electron chi connectivity index (χ4n) is 0. The molecule has 8 heavy (non-hydrogen) atoms. The van der Waals surface area contributed by atoms with Crippen LogP contribution in [0.2, 0.25) is 0 Å². The van der Waals surface area contributed by atoms with E-state index in [-0.39, 0.29) is 57.5 Å². The number of aliphatic hydroxyl groups is 1. The fraction of sp³-hybridized carbons (Fsp3) is 0.800. The topological polar surface area (TPSA) is 20.2 Å². The van der Waals surface area contributed by atoms with Crippen molar-refractivity contribution in [3.8, 4) is 0 Å². The number of rotatable bonds is 1. The molecule has 0 aliphatic rings. The van der Waals surface area contributed by atoms with Crippen molar-refractivity contribution in [1.82, 2.24) is 0 Å². The summed E-state index contributed by atoms with van der Waals surface area (Å²) in [5.41, 5.74) is 0. The molecule has 1 unspecified atom stereocenters. The van der Waals surface area contributed by atoms with Crippen LogP contribution in [-0.2, 0) is 12.6 Å². The van der Waals surface area contributed by atoms with Gasteiger partial charge >= 0.3 is 51.4 Å². The summed E-state index contributed by atoms with van der Waals surface area (Å²) in [4.78, 5) is 0. The molecule has 0 rings (SSSR count). The summed E-state index contributed by atoms with van der Waals surface area (Å²) in [5, 5.41) is 8.26. The summed E-state index contributed by atoms with van der Waals surface area (Å²) >= 11 is 4.43. The van der Waals surface area contributed by atoms with Gasteiger partial charge in [0.05, 0.1) is 0 Å². The molecule has 0 saturated carbocycles. The maximum Gasteiger partial charge on any atom is 1.00 e. The molecule has 0 aromatic carbocycles. The van der Waals surface area contributed by atoms with E-state index in [2.05, 4.69) is 19.6 Å². The maximum atomic E-state index is 8.26. The Balaban J connectivity index is -0.0000000750. The smallest absolute Gasteiger partial charge is 0.790 e. The molecule has 3 heteroatoms. The van der Waals surface area contributed by atoms with Gasteiger partial charge < -0.3 is 24.7 Å².